The first kappa shape index (κ1) is 16.2. The van der Waals surface area contributed by atoms with Crippen molar-refractivity contribution in [2.24, 2.45) is 0 Å². The molecule has 2 rings (SSSR count). The minimum atomic E-state index is -6.00. The maximum atomic E-state index is 12.9. The molecule has 22 heavy (non-hydrogen) atoms. The van der Waals surface area contributed by atoms with E-state index in [0.717, 1.165) is 6.07 Å². The molecule has 120 valence electrons. The molecule has 0 saturated carbocycles. The number of benzene rings is 2. The van der Waals surface area contributed by atoms with Crippen molar-refractivity contribution in [2.75, 3.05) is 11.5 Å². The van der Waals surface area contributed by atoms with Gasteiger partial charge < -0.3 is 16.6 Å². The summed E-state index contributed by atoms with van der Waals surface area (Å²) >= 11 is 0. The van der Waals surface area contributed by atoms with Crippen LogP contribution >= 0.6 is 0 Å². The van der Waals surface area contributed by atoms with Gasteiger partial charge in [-0.2, -0.15) is 26.3 Å². The summed E-state index contributed by atoms with van der Waals surface area (Å²) in [5, 5.41) is 9.60. The van der Waals surface area contributed by atoms with Crippen LogP contribution in [0.5, 0.6) is 0 Å². The molecule has 0 unspecified atom stereocenters. The molecule has 5 N–H and O–H groups in total. The van der Waals surface area contributed by atoms with E-state index in [-0.39, 0.29) is 16.5 Å². The van der Waals surface area contributed by atoms with Gasteiger partial charge in [0.1, 0.15) is 0 Å². The first-order valence-electron chi connectivity index (χ1n) is 5.83. The van der Waals surface area contributed by atoms with Crippen molar-refractivity contribution >= 4 is 22.1 Å². The van der Waals surface area contributed by atoms with E-state index in [1.54, 1.807) is 0 Å². The van der Waals surface area contributed by atoms with Crippen LogP contribution in [0.25, 0.3) is 10.8 Å². The van der Waals surface area contributed by atoms with E-state index in [9.17, 15) is 31.4 Å². The van der Waals surface area contributed by atoms with E-state index in [1.807, 2.05) is 0 Å². The van der Waals surface area contributed by atoms with Crippen molar-refractivity contribution in [3.63, 3.8) is 0 Å². The average molecular weight is 324 g/mol. The predicted molar refractivity (Wildman–Crippen MR) is 68.8 cm³/mol. The van der Waals surface area contributed by atoms with Crippen LogP contribution in [-0.2, 0) is 5.60 Å². The first-order valence-corrected chi connectivity index (χ1v) is 5.83. The van der Waals surface area contributed by atoms with Gasteiger partial charge in [0, 0.05) is 22.3 Å². The first-order chi connectivity index (χ1) is 9.89. The standard InChI is InChI=1S/C13H10F6N2O/c14-12(15,16)11(22,13(17,18)19)8-5-7-6(4-10(8)21)2-1-3-9(7)20/h1-5,22H,20-21H2. The van der Waals surface area contributed by atoms with Crippen LogP contribution in [-0.4, -0.2) is 17.5 Å². The third-order valence-corrected chi connectivity index (χ3v) is 3.29. The highest BCUT2D eigenvalue weighted by Crippen LogP contribution is 2.52. The van der Waals surface area contributed by atoms with E-state index < -0.39 is 29.2 Å². The number of anilines is 2. The van der Waals surface area contributed by atoms with Gasteiger partial charge in [-0.3, -0.25) is 0 Å². The van der Waals surface area contributed by atoms with Crippen LogP contribution in [0.15, 0.2) is 30.3 Å². The molecule has 0 heterocycles. The second kappa shape index (κ2) is 4.67. The zero-order chi connectivity index (χ0) is 16.9. The smallest absolute Gasteiger partial charge is 0.398 e. The largest absolute Gasteiger partial charge is 0.430 e. The molecule has 0 bridgehead atoms. The zero-order valence-corrected chi connectivity index (χ0v) is 10.8. The third kappa shape index (κ3) is 2.21. The zero-order valence-electron chi connectivity index (χ0n) is 10.8. The van der Waals surface area contributed by atoms with Gasteiger partial charge in [-0.15, -0.1) is 0 Å². The summed E-state index contributed by atoms with van der Waals surface area (Å²) < 4.78 is 77.5. The van der Waals surface area contributed by atoms with E-state index in [4.69, 9.17) is 11.5 Å². The van der Waals surface area contributed by atoms with Gasteiger partial charge in [-0.1, -0.05) is 12.1 Å². The number of nitrogens with two attached hydrogens (primary N) is 2. The Morgan fingerprint density at radius 1 is 0.818 bits per heavy atom. The van der Waals surface area contributed by atoms with E-state index in [2.05, 4.69) is 0 Å². The minimum Gasteiger partial charge on any atom is -0.398 e. The lowest BCUT2D eigenvalue weighted by Gasteiger charge is -2.33. The molecular weight excluding hydrogens is 314 g/mol. The number of fused-ring (bicyclic) bond motifs is 1. The molecule has 3 nitrogen and oxygen atoms in total. The number of halogens is 6. The molecule has 0 amide bonds. The van der Waals surface area contributed by atoms with Crippen LogP contribution in [0.4, 0.5) is 37.7 Å². The Morgan fingerprint density at radius 2 is 1.36 bits per heavy atom. The van der Waals surface area contributed by atoms with E-state index >= 15 is 0 Å². The highest BCUT2D eigenvalue weighted by Gasteiger charge is 2.72. The maximum Gasteiger partial charge on any atom is 0.430 e. The Balaban J connectivity index is 2.87. The Hall–Kier alpha value is -2.16. The van der Waals surface area contributed by atoms with Crippen molar-refractivity contribution < 1.29 is 31.4 Å². The van der Waals surface area contributed by atoms with Gasteiger partial charge in [0.25, 0.3) is 5.60 Å². The summed E-state index contributed by atoms with van der Waals surface area (Å²) in [4.78, 5) is 0. The third-order valence-electron chi connectivity index (χ3n) is 3.29. The van der Waals surface area contributed by atoms with Gasteiger partial charge in [0.2, 0.25) is 0 Å². The summed E-state index contributed by atoms with van der Waals surface area (Å²) in [6.07, 6.45) is -12.0. The number of hydrogen-bond acceptors (Lipinski definition) is 3. The van der Waals surface area contributed by atoms with Crippen molar-refractivity contribution in [3.05, 3.63) is 35.9 Å². The lowest BCUT2D eigenvalue weighted by molar-refractivity contribution is -0.375. The average Bonchev–Trinajstić information content (AvgIpc) is 2.34. The van der Waals surface area contributed by atoms with Gasteiger partial charge in [0.05, 0.1) is 0 Å². The fourth-order valence-corrected chi connectivity index (χ4v) is 2.15. The molecule has 0 aliphatic rings. The Labute approximate surface area is 120 Å². The predicted octanol–water partition coefficient (Wildman–Crippen LogP) is 3.32. The van der Waals surface area contributed by atoms with Crippen LogP contribution in [0.2, 0.25) is 0 Å². The Kier molecular flexibility index (Phi) is 3.44. The normalized spacial score (nSPS) is 13.6. The van der Waals surface area contributed by atoms with Crippen LogP contribution < -0.4 is 11.5 Å². The summed E-state index contributed by atoms with van der Waals surface area (Å²) in [5.74, 6) is 0. The molecule has 0 spiro atoms. The Morgan fingerprint density at radius 3 is 1.86 bits per heavy atom. The molecule has 0 aliphatic carbocycles. The van der Waals surface area contributed by atoms with E-state index in [0.29, 0.717) is 6.07 Å². The molecule has 0 saturated heterocycles. The SMILES string of the molecule is Nc1cc2cccc(N)c2cc1C(O)(C(F)(F)F)C(F)(F)F. The fraction of sp³-hybridized carbons (Fsp3) is 0.231. The van der Waals surface area contributed by atoms with Gasteiger partial charge in [-0.25, -0.2) is 0 Å². The van der Waals surface area contributed by atoms with E-state index in [1.165, 1.54) is 18.2 Å². The lowest BCUT2D eigenvalue weighted by Crippen LogP contribution is -2.54. The number of alkyl halides is 6. The molecule has 2 aromatic carbocycles. The van der Waals surface area contributed by atoms with Crippen LogP contribution in [0.3, 0.4) is 0 Å². The topological polar surface area (TPSA) is 72.3 Å². The number of aliphatic hydroxyl groups is 1. The van der Waals surface area contributed by atoms with Gasteiger partial charge in [-0.05, 0) is 23.6 Å². The number of hydrogen-bond donors (Lipinski definition) is 3. The van der Waals surface area contributed by atoms with Crippen molar-refractivity contribution in [1.29, 1.82) is 0 Å². The molecular formula is C13H10F6N2O. The summed E-state index contributed by atoms with van der Waals surface area (Å²) in [5.41, 5.74) is 3.41. The molecule has 2 aromatic rings. The molecule has 9 heteroatoms. The van der Waals surface area contributed by atoms with Crippen LogP contribution in [0.1, 0.15) is 5.56 Å². The van der Waals surface area contributed by atoms with Crippen molar-refractivity contribution in [1.82, 2.24) is 0 Å². The van der Waals surface area contributed by atoms with Crippen molar-refractivity contribution in [3.8, 4) is 0 Å². The highest BCUT2D eigenvalue weighted by atomic mass is 19.4. The van der Waals surface area contributed by atoms with Crippen LogP contribution in [0, 0.1) is 0 Å². The molecule has 0 radical (unpaired) electrons. The minimum absolute atomic E-state index is 0.0366. The molecule has 0 aliphatic heterocycles. The second-order valence-electron chi connectivity index (χ2n) is 4.71. The summed E-state index contributed by atoms with van der Waals surface area (Å²) in [6, 6.07) is 5.62. The van der Waals surface area contributed by atoms with Crippen molar-refractivity contribution in [2.45, 2.75) is 18.0 Å². The molecule has 0 atom stereocenters. The number of rotatable bonds is 1. The Bertz CT molecular complexity index is 709. The lowest BCUT2D eigenvalue weighted by atomic mass is 9.88. The fourth-order valence-electron chi connectivity index (χ4n) is 2.15. The summed E-state index contributed by atoms with van der Waals surface area (Å²) in [6.45, 7) is 0. The maximum absolute atomic E-state index is 12.9. The van der Waals surface area contributed by atoms with Gasteiger partial charge in [0.15, 0.2) is 0 Å². The summed E-state index contributed by atoms with van der Waals surface area (Å²) in [7, 11) is 0. The second-order valence-corrected chi connectivity index (χ2v) is 4.71. The quantitative estimate of drug-likeness (QED) is 0.557. The highest BCUT2D eigenvalue weighted by molar-refractivity contribution is 5.95. The van der Waals surface area contributed by atoms with Gasteiger partial charge >= 0.3 is 12.4 Å². The molecule has 0 fully saturated rings. The monoisotopic (exact) mass is 324 g/mol. The number of nitrogen functional groups attached to an aromatic ring is 2. The molecule has 0 aromatic heterocycles.